The molecule has 1 aliphatic carbocycles. The van der Waals surface area contributed by atoms with Crippen LogP contribution >= 0.6 is 0 Å². The number of ether oxygens (including phenoxy) is 1. The first kappa shape index (κ1) is 15.5. The summed E-state index contributed by atoms with van der Waals surface area (Å²) in [5, 5.41) is 6.88. The van der Waals surface area contributed by atoms with Gasteiger partial charge in [0.15, 0.2) is 0 Å². The van der Waals surface area contributed by atoms with Crippen LogP contribution in [0.15, 0.2) is 30.3 Å². The summed E-state index contributed by atoms with van der Waals surface area (Å²) in [6.07, 6.45) is 6.50. The highest BCUT2D eigenvalue weighted by Crippen LogP contribution is 2.36. The van der Waals surface area contributed by atoms with Crippen molar-refractivity contribution >= 4 is 0 Å². The van der Waals surface area contributed by atoms with Gasteiger partial charge in [-0.25, -0.2) is 0 Å². The molecule has 2 N–H and O–H groups in total. The molecule has 0 bridgehead atoms. The molecule has 0 spiro atoms. The summed E-state index contributed by atoms with van der Waals surface area (Å²) < 4.78 is 5.62. The Morgan fingerprint density at radius 1 is 1.00 bits per heavy atom. The normalized spacial score (nSPS) is 18.1. The predicted octanol–water partition coefficient (Wildman–Crippen LogP) is 2.67. The third kappa shape index (κ3) is 4.30. The maximum Gasteiger partial charge on any atom is 0.0591 e. The Morgan fingerprint density at radius 2 is 1.70 bits per heavy atom. The fourth-order valence-corrected chi connectivity index (χ4v) is 3.12. The van der Waals surface area contributed by atoms with Crippen molar-refractivity contribution in [3.63, 3.8) is 0 Å². The molecule has 1 saturated carbocycles. The van der Waals surface area contributed by atoms with Gasteiger partial charge < -0.3 is 15.4 Å². The van der Waals surface area contributed by atoms with Gasteiger partial charge in [0.05, 0.1) is 13.2 Å². The van der Waals surface area contributed by atoms with Gasteiger partial charge in [0.25, 0.3) is 0 Å². The zero-order valence-corrected chi connectivity index (χ0v) is 12.7. The van der Waals surface area contributed by atoms with Crippen molar-refractivity contribution in [2.45, 2.75) is 37.6 Å². The van der Waals surface area contributed by atoms with Crippen LogP contribution in [-0.4, -0.2) is 33.4 Å². The maximum atomic E-state index is 5.62. The van der Waals surface area contributed by atoms with Crippen LogP contribution < -0.4 is 10.6 Å². The van der Waals surface area contributed by atoms with E-state index >= 15 is 0 Å². The van der Waals surface area contributed by atoms with Gasteiger partial charge in [0, 0.05) is 18.6 Å². The largest absolute Gasteiger partial charge is 0.379 e. The van der Waals surface area contributed by atoms with Crippen LogP contribution in [0.3, 0.4) is 0 Å². The second kappa shape index (κ2) is 8.40. The molecule has 3 nitrogen and oxygen atoms in total. The molecule has 0 radical (unpaired) electrons. The van der Waals surface area contributed by atoms with Crippen molar-refractivity contribution in [3.05, 3.63) is 35.9 Å². The molecule has 3 heteroatoms. The Hall–Kier alpha value is -0.900. The molecule has 1 aromatic carbocycles. The topological polar surface area (TPSA) is 33.3 Å². The fourth-order valence-electron chi connectivity index (χ4n) is 3.12. The highest BCUT2D eigenvalue weighted by Gasteiger charge is 2.32. The van der Waals surface area contributed by atoms with Crippen LogP contribution in [0.1, 0.15) is 37.7 Å². The second-order valence-electron chi connectivity index (χ2n) is 5.65. The Bertz CT molecular complexity index is 361. The fraction of sp³-hybridized carbons (Fsp3) is 0.647. The standard InChI is InChI=1S/C17H28N2O/c1-18-12-14-20-15-13-19-17(10-6-3-7-11-17)16-8-4-2-5-9-16/h2,4-5,8-9,18-19H,3,6-7,10-15H2,1H3. The van der Waals surface area contributed by atoms with Gasteiger partial charge in [0.1, 0.15) is 0 Å². The van der Waals surface area contributed by atoms with E-state index in [0.717, 1.165) is 26.3 Å². The Kier molecular flexibility index (Phi) is 6.51. The highest BCUT2D eigenvalue weighted by molar-refractivity contribution is 5.25. The number of hydrogen-bond donors (Lipinski definition) is 2. The van der Waals surface area contributed by atoms with Crippen LogP contribution in [-0.2, 0) is 10.3 Å². The van der Waals surface area contributed by atoms with Crippen molar-refractivity contribution in [2.75, 3.05) is 33.4 Å². The van der Waals surface area contributed by atoms with E-state index in [0.29, 0.717) is 0 Å². The third-order valence-corrected chi connectivity index (χ3v) is 4.24. The molecular weight excluding hydrogens is 248 g/mol. The first-order valence-electron chi connectivity index (χ1n) is 7.90. The lowest BCUT2D eigenvalue weighted by molar-refractivity contribution is 0.123. The molecule has 0 atom stereocenters. The summed E-state index contributed by atoms with van der Waals surface area (Å²) in [5.41, 5.74) is 1.61. The summed E-state index contributed by atoms with van der Waals surface area (Å²) in [5.74, 6) is 0. The Morgan fingerprint density at radius 3 is 2.40 bits per heavy atom. The summed E-state index contributed by atoms with van der Waals surface area (Å²) in [6, 6.07) is 10.9. The minimum Gasteiger partial charge on any atom is -0.379 e. The lowest BCUT2D eigenvalue weighted by Gasteiger charge is -2.39. The van der Waals surface area contributed by atoms with Gasteiger partial charge in [-0.05, 0) is 25.5 Å². The van der Waals surface area contributed by atoms with E-state index in [9.17, 15) is 0 Å². The van der Waals surface area contributed by atoms with Crippen molar-refractivity contribution in [1.82, 2.24) is 10.6 Å². The van der Waals surface area contributed by atoms with Crippen LogP contribution in [0.2, 0.25) is 0 Å². The second-order valence-corrected chi connectivity index (χ2v) is 5.65. The van der Waals surface area contributed by atoms with Crippen molar-refractivity contribution in [2.24, 2.45) is 0 Å². The molecule has 0 saturated heterocycles. The molecule has 0 heterocycles. The molecule has 112 valence electrons. The average molecular weight is 276 g/mol. The molecule has 1 aliphatic rings. The Labute approximate surface area is 123 Å². The molecular formula is C17H28N2O. The van der Waals surface area contributed by atoms with Gasteiger partial charge in [-0.2, -0.15) is 0 Å². The highest BCUT2D eigenvalue weighted by atomic mass is 16.5. The molecule has 1 fully saturated rings. The van der Waals surface area contributed by atoms with Gasteiger partial charge in [0.2, 0.25) is 0 Å². The van der Waals surface area contributed by atoms with Crippen LogP contribution in [0.25, 0.3) is 0 Å². The molecule has 2 rings (SSSR count). The molecule has 20 heavy (non-hydrogen) atoms. The quantitative estimate of drug-likeness (QED) is 0.716. The van der Waals surface area contributed by atoms with E-state index in [-0.39, 0.29) is 5.54 Å². The Balaban J connectivity index is 1.88. The van der Waals surface area contributed by atoms with Crippen molar-refractivity contribution < 1.29 is 4.74 Å². The predicted molar refractivity (Wildman–Crippen MR) is 84.0 cm³/mol. The smallest absolute Gasteiger partial charge is 0.0591 e. The zero-order valence-electron chi connectivity index (χ0n) is 12.7. The van der Waals surface area contributed by atoms with Crippen LogP contribution in [0.5, 0.6) is 0 Å². The first-order chi connectivity index (χ1) is 9.87. The van der Waals surface area contributed by atoms with E-state index < -0.39 is 0 Å². The van der Waals surface area contributed by atoms with E-state index in [1.165, 1.54) is 37.7 Å². The summed E-state index contributed by atoms with van der Waals surface area (Å²) in [6.45, 7) is 3.43. The number of benzene rings is 1. The first-order valence-corrected chi connectivity index (χ1v) is 7.90. The van der Waals surface area contributed by atoms with Gasteiger partial charge in [-0.1, -0.05) is 49.6 Å². The molecule has 0 aromatic heterocycles. The summed E-state index contributed by atoms with van der Waals surface area (Å²) in [4.78, 5) is 0. The number of nitrogens with one attached hydrogen (secondary N) is 2. The van der Waals surface area contributed by atoms with Crippen LogP contribution in [0.4, 0.5) is 0 Å². The third-order valence-electron chi connectivity index (χ3n) is 4.24. The van der Waals surface area contributed by atoms with Gasteiger partial charge >= 0.3 is 0 Å². The summed E-state index contributed by atoms with van der Waals surface area (Å²) >= 11 is 0. The van der Waals surface area contributed by atoms with E-state index in [1.807, 2.05) is 7.05 Å². The molecule has 0 aliphatic heterocycles. The number of hydrogen-bond acceptors (Lipinski definition) is 3. The van der Waals surface area contributed by atoms with E-state index in [1.54, 1.807) is 0 Å². The maximum absolute atomic E-state index is 5.62. The zero-order chi connectivity index (χ0) is 14.1. The van der Waals surface area contributed by atoms with Gasteiger partial charge in [-0.15, -0.1) is 0 Å². The molecule has 0 amide bonds. The SMILES string of the molecule is CNCCOCCNC1(c2ccccc2)CCCCC1. The van der Waals surface area contributed by atoms with Crippen molar-refractivity contribution in [1.29, 1.82) is 0 Å². The monoisotopic (exact) mass is 276 g/mol. The number of rotatable bonds is 8. The molecule has 0 unspecified atom stereocenters. The minimum absolute atomic E-state index is 0.172. The van der Waals surface area contributed by atoms with E-state index in [4.69, 9.17) is 4.74 Å². The van der Waals surface area contributed by atoms with Crippen LogP contribution in [0, 0.1) is 0 Å². The van der Waals surface area contributed by atoms with E-state index in [2.05, 4.69) is 41.0 Å². The van der Waals surface area contributed by atoms with Gasteiger partial charge in [-0.3, -0.25) is 0 Å². The molecule has 1 aromatic rings. The minimum atomic E-state index is 0.172. The van der Waals surface area contributed by atoms with Crippen molar-refractivity contribution in [3.8, 4) is 0 Å². The number of likely N-dealkylation sites (N-methyl/N-ethyl adjacent to an activating group) is 1. The lowest BCUT2D eigenvalue weighted by atomic mass is 9.76. The summed E-state index contributed by atoms with van der Waals surface area (Å²) in [7, 11) is 1.95. The average Bonchev–Trinajstić information content (AvgIpc) is 2.52. The lowest BCUT2D eigenvalue weighted by Crippen LogP contribution is -2.45.